The molecule has 0 aromatic heterocycles. The van der Waals surface area contributed by atoms with E-state index in [1.165, 1.54) is 11.1 Å². The molecule has 1 nitrogen and oxygen atoms in total. The quantitative estimate of drug-likeness (QED) is 0.695. The van der Waals surface area contributed by atoms with Gasteiger partial charge in [-0.3, -0.25) is 0 Å². The van der Waals surface area contributed by atoms with Gasteiger partial charge < -0.3 is 5.32 Å². The lowest BCUT2D eigenvalue weighted by Gasteiger charge is -2.21. The molecule has 0 amide bonds. The molecule has 0 heterocycles. The van der Waals surface area contributed by atoms with Crippen LogP contribution in [0.3, 0.4) is 0 Å². The van der Waals surface area contributed by atoms with Crippen LogP contribution in [0.2, 0.25) is 0 Å². The predicted molar refractivity (Wildman–Crippen MR) is 91.3 cm³/mol. The Bertz CT molecular complexity index is 607. The summed E-state index contributed by atoms with van der Waals surface area (Å²) in [6, 6.07) is 12.2. The van der Waals surface area contributed by atoms with Gasteiger partial charge in [0.05, 0.1) is 10.5 Å². The van der Waals surface area contributed by atoms with Crippen molar-refractivity contribution in [3.8, 4) is 0 Å². The molecular weight excluding hydrogens is 329 g/mol. The third-order valence-electron chi connectivity index (χ3n) is 3.80. The zero-order valence-corrected chi connectivity index (χ0v) is 14.3. The zero-order chi connectivity index (χ0) is 15.4. The van der Waals surface area contributed by atoms with E-state index < -0.39 is 0 Å². The lowest BCUT2D eigenvalue weighted by molar-refractivity contribution is 0.620. The average Bonchev–Trinajstić information content (AvgIpc) is 2.50. The van der Waals surface area contributed by atoms with Crippen molar-refractivity contribution in [2.45, 2.75) is 39.7 Å². The van der Waals surface area contributed by atoms with E-state index in [-0.39, 0.29) is 11.9 Å². The van der Waals surface area contributed by atoms with Crippen LogP contribution in [-0.4, -0.2) is 0 Å². The molecule has 0 aliphatic heterocycles. The molecule has 0 aliphatic carbocycles. The van der Waals surface area contributed by atoms with E-state index in [9.17, 15) is 4.39 Å². The van der Waals surface area contributed by atoms with Crippen molar-refractivity contribution in [2.24, 2.45) is 0 Å². The molecule has 0 saturated heterocycles. The largest absolute Gasteiger partial charge is 0.378 e. The van der Waals surface area contributed by atoms with Gasteiger partial charge in [-0.1, -0.05) is 38.1 Å². The van der Waals surface area contributed by atoms with E-state index in [0.29, 0.717) is 4.47 Å². The van der Waals surface area contributed by atoms with Crippen molar-refractivity contribution in [3.05, 3.63) is 63.4 Å². The summed E-state index contributed by atoms with van der Waals surface area (Å²) >= 11 is 3.22. The second-order valence-corrected chi connectivity index (χ2v) is 6.14. The van der Waals surface area contributed by atoms with Gasteiger partial charge in [0.2, 0.25) is 0 Å². The number of halogens is 2. The Morgan fingerprint density at radius 2 is 1.81 bits per heavy atom. The van der Waals surface area contributed by atoms with Gasteiger partial charge >= 0.3 is 0 Å². The molecule has 2 aromatic rings. The molecule has 0 aliphatic rings. The van der Waals surface area contributed by atoms with Crippen molar-refractivity contribution < 1.29 is 4.39 Å². The Morgan fingerprint density at radius 1 is 1.14 bits per heavy atom. The summed E-state index contributed by atoms with van der Waals surface area (Å²) in [6.07, 6.45) is 1.99. The van der Waals surface area contributed by atoms with Crippen molar-refractivity contribution in [3.63, 3.8) is 0 Å². The molecule has 3 heteroatoms. The van der Waals surface area contributed by atoms with E-state index in [4.69, 9.17) is 0 Å². The Morgan fingerprint density at radius 3 is 2.38 bits per heavy atom. The molecule has 0 fully saturated rings. The van der Waals surface area contributed by atoms with Gasteiger partial charge in [0.1, 0.15) is 5.82 Å². The van der Waals surface area contributed by atoms with Crippen LogP contribution < -0.4 is 5.32 Å². The van der Waals surface area contributed by atoms with Crippen LogP contribution in [0.25, 0.3) is 0 Å². The summed E-state index contributed by atoms with van der Waals surface area (Å²) in [5.41, 5.74) is 4.45. The number of nitrogens with one attached hydrogen (secondary N) is 1. The van der Waals surface area contributed by atoms with E-state index >= 15 is 0 Å². The Kier molecular flexibility index (Phi) is 5.40. The molecule has 21 heavy (non-hydrogen) atoms. The lowest BCUT2D eigenvalue weighted by atomic mass is 10.0. The molecule has 0 radical (unpaired) electrons. The first-order chi connectivity index (χ1) is 10.0. The molecule has 0 bridgehead atoms. The molecule has 112 valence electrons. The minimum atomic E-state index is -0.237. The maximum atomic E-state index is 13.7. The number of hydrogen-bond acceptors (Lipinski definition) is 1. The second kappa shape index (κ2) is 7.08. The number of benzene rings is 2. The highest BCUT2D eigenvalue weighted by molar-refractivity contribution is 9.10. The van der Waals surface area contributed by atoms with E-state index in [0.717, 1.165) is 24.1 Å². The van der Waals surface area contributed by atoms with E-state index in [1.54, 1.807) is 6.07 Å². The predicted octanol–water partition coefficient (Wildman–Crippen LogP) is 6.02. The fourth-order valence-corrected chi connectivity index (χ4v) is 2.85. The summed E-state index contributed by atoms with van der Waals surface area (Å²) in [4.78, 5) is 0. The first-order valence-electron chi connectivity index (χ1n) is 7.36. The van der Waals surface area contributed by atoms with Gasteiger partial charge in [0.25, 0.3) is 0 Å². The highest BCUT2D eigenvalue weighted by Crippen LogP contribution is 2.28. The van der Waals surface area contributed by atoms with Gasteiger partial charge in [-0.2, -0.15) is 0 Å². The fourth-order valence-electron chi connectivity index (χ4n) is 2.40. The van der Waals surface area contributed by atoms with Crippen LogP contribution in [0.4, 0.5) is 10.1 Å². The molecule has 1 N–H and O–H groups in total. The minimum absolute atomic E-state index is 0.190. The highest BCUT2D eigenvalue weighted by Gasteiger charge is 2.12. The van der Waals surface area contributed by atoms with E-state index in [1.807, 2.05) is 13.0 Å². The summed E-state index contributed by atoms with van der Waals surface area (Å²) < 4.78 is 14.2. The standard InChI is InChI=1S/C18H21BrFN/c1-4-13-6-8-14(9-7-13)17(5-2)21-18-11-16(20)15(19)10-12(18)3/h6-11,17,21H,4-5H2,1-3H3. The molecule has 0 spiro atoms. The average molecular weight is 350 g/mol. The Balaban J connectivity index is 2.24. The smallest absolute Gasteiger partial charge is 0.139 e. The fraction of sp³-hybridized carbons (Fsp3) is 0.333. The summed E-state index contributed by atoms with van der Waals surface area (Å²) in [5, 5.41) is 3.46. The Hall–Kier alpha value is -1.35. The van der Waals surface area contributed by atoms with Crippen molar-refractivity contribution in [2.75, 3.05) is 5.32 Å². The maximum absolute atomic E-state index is 13.7. The molecule has 0 saturated carbocycles. The molecule has 2 aromatic carbocycles. The summed E-state index contributed by atoms with van der Waals surface area (Å²) in [7, 11) is 0. The van der Waals surface area contributed by atoms with Crippen LogP contribution in [0.15, 0.2) is 40.9 Å². The lowest BCUT2D eigenvalue weighted by Crippen LogP contribution is -2.11. The summed E-state index contributed by atoms with van der Waals surface area (Å²) in [6.45, 7) is 6.27. The molecule has 2 rings (SSSR count). The number of aryl methyl sites for hydroxylation is 2. The van der Waals surface area contributed by atoms with Crippen LogP contribution in [-0.2, 0) is 6.42 Å². The van der Waals surface area contributed by atoms with Crippen molar-refractivity contribution >= 4 is 21.6 Å². The monoisotopic (exact) mass is 349 g/mol. The van der Waals surface area contributed by atoms with Crippen LogP contribution in [0.5, 0.6) is 0 Å². The first-order valence-corrected chi connectivity index (χ1v) is 8.15. The van der Waals surface area contributed by atoms with Gasteiger partial charge in [-0.25, -0.2) is 4.39 Å². The van der Waals surface area contributed by atoms with Crippen molar-refractivity contribution in [1.82, 2.24) is 0 Å². The SMILES string of the molecule is CCc1ccc(C(CC)Nc2cc(F)c(Br)cc2C)cc1. The third-order valence-corrected chi connectivity index (χ3v) is 4.40. The second-order valence-electron chi connectivity index (χ2n) is 5.28. The molecule has 1 atom stereocenters. The molecular formula is C18H21BrFN. The summed E-state index contributed by atoms with van der Waals surface area (Å²) in [5.74, 6) is -0.237. The Labute approximate surface area is 134 Å². The van der Waals surface area contributed by atoms with Gasteiger partial charge in [0.15, 0.2) is 0 Å². The third kappa shape index (κ3) is 3.85. The number of rotatable bonds is 5. The van der Waals surface area contributed by atoms with Gasteiger partial charge in [-0.15, -0.1) is 0 Å². The van der Waals surface area contributed by atoms with Gasteiger partial charge in [0, 0.05) is 5.69 Å². The first kappa shape index (κ1) is 16.0. The minimum Gasteiger partial charge on any atom is -0.378 e. The topological polar surface area (TPSA) is 12.0 Å². The highest BCUT2D eigenvalue weighted by atomic mass is 79.9. The van der Waals surface area contributed by atoms with E-state index in [2.05, 4.69) is 59.4 Å². The van der Waals surface area contributed by atoms with Crippen LogP contribution in [0.1, 0.15) is 43.0 Å². The molecule has 1 unspecified atom stereocenters. The van der Waals surface area contributed by atoms with Gasteiger partial charge in [-0.05, 0) is 64.5 Å². The maximum Gasteiger partial charge on any atom is 0.139 e. The van der Waals surface area contributed by atoms with Crippen molar-refractivity contribution in [1.29, 1.82) is 0 Å². The van der Waals surface area contributed by atoms with Crippen LogP contribution in [0, 0.1) is 12.7 Å². The number of hydrogen-bond donors (Lipinski definition) is 1. The zero-order valence-electron chi connectivity index (χ0n) is 12.7. The van der Waals surface area contributed by atoms with Crippen LogP contribution >= 0.6 is 15.9 Å². The normalized spacial score (nSPS) is 12.2. The number of anilines is 1.